The molecular formula is C18H15Cl2NO2. The summed E-state index contributed by atoms with van der Waals surface area (Å²) in [6, 6.07) is 8.94. The molecule has 0 fully saturated rings. The number of hydrogen-bond donors (Lipinski definition) is 1. The average Bonchev–Trinajstić information content (AvgIpc) is 2.87. The maximum Gasteiger partial charge on any atom is 0.228 e. The van der Waals surface area contributed by atoms with Gasteiger partial charge in [0, 0.05) is 26.7 Å². The van der Waals surface area contributed by atoms with Crippen molar-refractivity contribution in [3.8, 4) is 0 Å². The number of aryl methyl sites for hydroxylation is 2. The summed E-state index contributed by atoms with van der Waals surface area (Å²) in [7, 11) is 0. The predicted octanol–water partition coefficient (Wildman–Crippen LogP) is 5.54. The van der Waals surface area contributed by atoms with Gasteiger partial charge in [0.25, 0.3) is 0 Å². The summed E-state index contributed by atoms with van der Waals surface area (Å²) in [5, 5.41) is 5.02. The lowest BCUT2D eigenvalue weighted by Crippen LogP contribution is -2.14. The number of halogens is 2. The van der Waals surface area contributed by atoms with Gasteiger partial charge in [-0.15, -0.1) is 0 Å². The molecule has 0 bridgehead atoms. The molecule has 3 nitrogen and oxygen atoms in total. The Morgan fingerprint density at radius 3 is 2.74 bits per heavy atom. The summed E-state index contributed by atoms with van der Waals surface area (Å²) < 4.78 is 5.58. The van der Waals surface area contributed by atoms with E-state index in [0.717, 1.165) is 27.7 Å². The number of amides is 1. The number of carbonyl (C=O) groups excluding carboxylic acids is 1. The molecule has 1 amide bonds. The number of carbonyl (C=O) groups is 1. The number of rotatable bonds is 3. The van der Waals surface area contributed by atoms with Crippen molar-refractivity contribution in [3.63, 3.8) is 0 Å². The molecule has 5 heteroatoms. The molecule has 0 spiro atoms. The highest BCUT2D eigenvalue weighted by molar-refractivity contribution is 6.33. The second-order valence-electron chi connectivity index (χ2n) is 5.50. The average molecular weight is 348 g/mol. The third kappa shape index (κ3) is 3.21. The normalized spacial score (nSPS) is 11.0. The van der Waals surface area contributed by atoms with Gasteiger partial charge in [-0.25, -0.2) is 0 Å². The van der Waals surface area contributed by atoms with Crippen LogP contribution in [0, 0.1) is 13.8 Å². The first-order valence-electron chi connectivity index (χ1n) is 7.17. The van der Waals surface area contributed by atoms with Crippen molar-refractivity contribution >= 4 is 45.8 Å². The van der Waals surface area contributed by atoms with Crippen LogP contribution in [-0.2, 0) is 11.2 Å². The Hall–Kier alpha value is -1.97. The maximum atomic E-state index is 12.3. The van der Waals surface area contributed by atoms with Crippen LogP contribution in [0.3, 0.4) is 0 Å². The lowest BCUT2D eigenvalue weighted by atomic mass is 10.0. The predicted molar refractivity (Wildman–Crippen MR) is 94.5 cm³/mol. The number of anilines is 1. The molecule has 0 atom stereocenters. The third-order valence-corrected chi connectivity index (χ3v) is 4.57. The summed E-state index contributed by atoms with van der Waals surface area (Å²) in [5.41, 5.74) is 4.12. The Morgan fingerprint density at radius 1 is 1.22 bits per heavy atom. The number of nitrogens with one attached hydrogen (secondary N) is 1. The van der Waals surface area contributed by atoms with E-state index in [-0.39, 0.29) is 12.3 Å². The number of hydrogen-bond acceptors (Lipinski definition) is 2. The molecule has 0 aliphatic heterocycles. The van der Waals surface area contributed by atoms with Crippen LogP contribution in [0.25, 0.3) is 11.0 Å². The fourth-order valence-electron chi connectivity index (χ4n) is 2.68. The van der Waals surface area contributed by atoms with Gasteiger partial charge in [0.05, 0.1) is 12.7 Å². The molecule has 0 saturated heterocycles. The molecule has 3 aromatic rings. The van der Waals surface area contributed by atoms with E-state index in [2.05, 4.69) is 5.32 Å². The molecule has 23 heavy (non-hydrogen) atoms. The van der Waals surface area contributed by atoms with Gasteiger partial charge in [0.15, 0.2) is 0 Å². The Kier molecular flexibility index (Phi) is 4.33. The van der Waals surface area contributed by atoms with Gasteiger partial charge in [-0.1, -0.05) is 29.3 Å². The Bertz CT molecular complexity index is 899. The zero-order valence-corrected chi connectivity index (χ0v) is 14.3. The quantitative estimate of drug-likeness (QED) is 0.675. The zero-order valence-electron chi connectivity index (χ0n) is 12.7. The summed E-state index contributed by atoms with van der Waals surface area (Å²) in [6.45, 7) is 3.87. The second-order valence-corrected chi connectivity index (χ2v) is 6.32. The molecular weight excluding hydrogens is 333 g/mol. The first kappa shape index (κ1) is 15.9. The van der Waals surface area contributed by atoms with Gasteiger partial charge in [-0.3, -0.25) is 4.79 Å². The highest BCUT2D eigenvalue weighted by Crippen LogP contribution is 2.32. The Morgan fingerprint density at radius 2 is 2.00 bits per heavy atom. The topological polar surface area (TPSA) is 42.2 Å². The first-order valence-corrected chi connectivity index (χ1v) is 7.92. The smallest absolute Gasteiger partial charge is 0.228 e. The van der Waals surface area contributed by atoms with E-state index in [1.54, 1.807) is 30.5 Å². The number of furan rings is 1. The Labute approximate surface area is 144 Å². The molecule has 0 unspecified atom stereocenters. The first-order chi connectivity index (χ1) is 11.0. The largest absolute Gasteiger partial charge is 0.464 e. The number of fused-ring (bicyclic) bond motifs is 1. The van der Waals surface area contributed by atoms with Gasteiger partial charge in [0.2, 0.25) is 5.91 Å². The van der Waals surface area contributed by atoms with E-state index < -0.39 is 0 Å². The van der Waals surface area contributed by atoms with Crippen molar-refractivity contribution in [1.29, 1.82) is 0 Å². The molecule has 0 saturated carbocycles. The maximum absolute atomic E-state index is 12.3. The van der Waals surface area contributed by atoms with E-state index in [0.29, 0.717) is 15.7 Å². The molecule has 0 aliphatic carbocycles. The Balaban J connectivity index is 1.87. The second kappa shape index (κ2) is 6.26. The molecule has 1 aromatic heterocycles. The van der Waals surface area contributed by atoms with Gasteiger partial charge in [-0.2, -0.15) is 0 Å². The minimum atomic E-state index is -0.133. The van der Waals surface area contributed by atoms with E-state index in [1.165, 1.54) is 0 Å². The minimum Gasteiger partial charge on any atom is -0.464 e. The lowest BCUT2D eigenvalue weighted by molar-refractivity contribution is -0.115. The van der Waals surface area contributed by atoms with Gasteiger partial charge >= 0.3 is 0 Å². The van der Waals surface area contributed by atoms with Crippen LogP contribution >= 0.6 is 23.2 Å². The lowest BCUT2D eigenvalue weighted by Gasteiger charge is -2.07. The summed E-state index contributed by atoms with van der Waals surface area (Å²) >= 11 is 12.2. The monoisotopic (exact) mass is 347 g/mol. The van der Waals surface area contributed by atoms with Crippen molar-refractivity contribution in [2.24, 2.45) is 0 Å². The van der Waals surface area contributed by atoms with E-state index >= 15 is 0 Å². The fourth-order valence-corrected chi connectivity index (χ4v) is 3.02. The number of benzene rings is 2. The summed E-state index contributed by atoms with van der Waals surface area (Å²) in [6.07, 6.45) is 1.82. The van der Waals surface area contributed by atoms with Gasteiger partial charge in [-0.05, 0) is 49.2 Å². The zero-order chi connectivity index (χ0) is 16.6. The fraction of sp³-hybridized carbons (Fsp3) is 0.167. The third-order valence-electron chi connectivity index (χ3n) is 3.75. The molecule has 2 aromatic carbocycles. The van der Waals surface area contributed by atoms with Crippen molar-refractivity contribution in [2.75, 3.05) is 5.32 Å². The van der Waals surface area contributed by atoms with Crippen molar-refractivity contribution in [3.05, 3.63) is 63.3 Å². The molecule has 0 radical (unpaired) electrons. The molecule has 118 valence electrons. The minimum absolute atomic E-state index is 0.133. The summed E-state index contributed by atoms with van der Waals surface area (Å²) in [4.78, 5) is 12.3. The van der Waals surface area contributed by atoms with E-state index in [9.17, 15) is 4.79 Å². The van der Waals surface area contributed by atoms with Crippen LogP contribution in [0.2, 0.25) is 10.0 Å². The highest BCUT2D eigenvalue weighted by Gasteiger charge is 2.15. The van der Waals surface area contributed by atoms with Crippen molar-refractivity contribution < 1.29 is 9.21 Å². The highest BCUT2D eigenvalue weighted by atomic mass is 35.5. The van der Waals surface area contributed by atoms with Crippen LogP contribution < -0.4 is 5.32 Å². The molecule has 1 heterocycles. The van der Waals surface area contributed by atoms with E-state index in [4.69, 9.17) is 27.6 Å². The molecule has 0 aliphatic rings. The van der Waals surface area contributed by atoms with Crippen LogP contribution in [0.4, 0.5) is 5.69 Å². The molecule has 1 N–H and O–H groups in total. The van der Waals surface area contributed by atoms with Crippen molar-refractivity contribution in [1.82, 2.24) is 0 Å². The molecule has 3 rings (SSSR count). The van der Waals surface area contributed by atoms with Gasteiger partial charge < -0.3 is 9.73 Å². The van der Waals surface area contributed by atoms with Crippen molar-refractivity contribution in [2.45, 2.75) is 20.3 Å². The van der Waals surface area contributed by atoms with Crippen LogP contribution in [-0.4, -0.2) is 5.91 Å². The van der Waals surface area contributed by atoms with E-state index in [1.807, 2.05) is 19.9 Å². The van der Waals surface area contributed by atoms with Gasteiger partial charge in [0.1, 0.15) is 5.58 Å². The summed E-state index contributed by atoms with van der Waals surface area (Å²) in [5.74, 6) is -0.133. The van der Waals surface area contributed by atoms with Crippen LogP contribution in [0.15, 0.2) is 41.0 Å². The standard InChI is InChI=1S/C18H15Cl2NO2/c1-10-6-15-17(11(2)18(10)20)12(9-23-15)7-16(22)21-14-5-3-4-13(19)8-14/h3-6,8-9H,7H2,1-2H3,(H,21,22). The van der Waals surface area contributed by atoms with Crippen LogP contribution in [0.5, 0.6) is 0 Å². The SMILES string of the molecule is Cc1cc2occ(CC(=O)Nc3cccc(Cl)c3)c2c(C)c1Cl. The van der Waals surface area contributed by atoms with Crippen LogP contribution in [0.1, 0.15) is 16.7 Å².